The SMILES string of the molecule is Cc1ccsc1C(=O)Nc1cc(N2CCN(S(C)(=O)=O)CC2)ccc1C=Cc1n[nH]c2ccccc12. The van der Waals surface area contributed by atoms with Gasteiger partial charge in [0.05, 0.1) is 28.0 Å². The van der Waals surface area contributed by atoms with Gasteiger partial charge in [-0.2, -0.15) is 9.40 Å². The van der Waals surface area contributed by atoms with Crippen LogP contribution in [0.5, 0.6) is 0 Å². The smallest absolute Gasteiger partial charge is 0.266 e. The number of thiophene rings is 1. The van der Waals surface area contributed by atoms with Gasteiger partial charge in [0.15, 0.2) is 0 Å². The van der Waals surface area contributed by atoms with Crippen molar-refractivity contribution in [1.82, 2.24) is 14.5 Å². The third-order valence-electron chi connectivity index (χ3n) is 6.35. The van der Waals surface area contributed by atoms with Gasteiger partial charge in [-0.25, -0.2) is 8.42 Å². The fourth-order valence-corrected chi connectivity index (χ4v) is 5.98. The molecule has 3 heterocycles. The quantitative estimate of drug-likeness (QED) is 0.391. The molecule has 0 saturated carbocycles. The molecule has 2 N–H and O–H groups in total. The molecule has 186 valence electrons. The van der Waals surface area contributed by atoms with Crippen LogP contribution < -0.4 is 10.2 Å². The van der Waals surface area contributed by atoms with Crippen molar-refractivity contribution in [2.75, 3.05) is 42.7 Å². The first-order valence-corrected chi connectivity index (χ1v) is 14.3. The summed E-state index contributed by atoms with van der Waals surface area (Å²) in [7, 11) is -3.20. The summed E-state index contributed by atoms with van der Waals surface area (Å²) in [6, 6.07) is 15.8. The number of fused-ring (bicyclic) bond motifs is 1. The normalized spacial score (nSPS) is 15.1. The number of H-pyrrole nitrogens is 1. The van der Waals surface area contributed by atoms with Crippen LogP contribution in [0.1, 0.15) is 26.5 Å². The summed E-state index contributed by atoms with van der Waals surface area (Å²) in [6.45, 7) is 3.95. The van der Waals surface area contributed by atoms with Gasteiger partial charge >= 0.3 is 0 Å². The molecule has 0 aliphatic carbocycles. The maximum Gasteiger partial charge on any atom is 0.266 e. The second-order valence-electron chi connectivity index (χ2n) is 8.80. The number of para-hydroxylation sites is 1. The Morgan fingerprint density at radius 1 is 1.08 bits per heavy atom. The second kappa shape index (κ2) is 9.88. The number of nitrogens with zero attached hydrogens (tertiary/aromatic N) is 3. The molecule has 1 amide bonds. The van der Waals surface area contributed by atoms with E-state index in [1.807, 2.05) is 73.0 Å². The summed E-state index contributed by atoms with van der Waals surface area (Å²) in [5, 5.41) is 13.5. The average Bonchev–Trinajstić information content (AvgIpc) is 3.49. The van der Waals surface area contributed by atoms with Gasteiger partial charge < -0.3 is 10.2 Å². The molecule has 8 nitrogen and oxygen atoms in total. The van der Waals surface area contributed by atoms with Crippen LogP contribution in [-0.4, -0.2) is 61.3 Å². The van der Waals surface area contributed by atoms with E-state index in [2.05, 4.69) is 20.4 Å². The fourth-order valence-electron chi connectivity index (χ4n) is 4.34. The van der Waals surface area contributed by atoms with Crippen molar-refractivity contribution in [2.45, 2.75) is 6.92 Å². The van der Waals surface area contributed by atoms with Crippen LogP contribution >= 0.6 is 11.3 Å². The van der Waals surface area contributed by atoms with E-state index in [1.165, 1.54) is 21.9 Å². The van der Waals surface area contributed by atoms with Gasteiger partial charge in [-0.1, -0.05) is 30.3 Å². The predicted octanol–water partition coefficient (Wildman–Crippen LogP) is 4.44. The molecule has 0 spiro atoms. The first-order valence-electron chi connectivity index (χ1n) is 11.6. The zero-order chi connectivity index (χ0) is 25.3. The van der Waals surface area contributed by atoms with Gasteiger partial charge in [0.25, 0.3) is 5.91 Å². The molecule has 0 unspecified atom stereocenters. The Bertz CT molecular complexity index is 1550. The third-order valence-corrected chi connectivity index (χ3v) is 8.67. The molecule has 0 radical (unpaired) electrons. The lowest BCUT2D eigenvalue weighted by Crippen LogP contribution is -2.48. The lowest BCUT2D eigenvalue weighted by Gasteiger charge is -2.35. The summed E-state index contributed by atoms with van der Waals surface area (Å²) >= 11 is 1.41. The van der Waals surface area contributed by atoms with Gasteiger partial charge in [-0.3, -0.25) is 9.89 Å². The number of nitrogens with one attached hydrogen (secondary N) is 2. The Labute approximate surface area is 214 Å². The van der Waals surface area contributed by atoms with E-state index >= 15 is 0 Å². The molecule has 1 saturated heterocycles. The molecule has 5 rings (SSSR count). The van der Waals surface area contributed by atoms with Crippen molar-refractivity contribution < 1.29 is 13.2 Å². The Hall–Kier alpha value is -3.47. The number of hydrogen-bond acceptors (Lipinski definition) is 6. The number of amides is 1. The first-order chi connectivity index (χ1) is 17.3. The Balaban J connectivity index is 1.45. The molecule has 1 aliphatic heterocycles. The average molecular weight is 522 g/mol. The van der Waals surface area contributed by atoms with Crippen molar-refractivity contribution >= 4 is 61.7 Å². The monoisotopic (exact) mass is 521 g/mol. The van der Waals surface area contributed by atoms with Crippen molar-refractivity contribution in [3.63, 3.8) is 0 Å². The number of rotatable bonds is 6. The van der Waals surface area contributed by atoms with Gasteiger partial charge in [0.2, 0.25) is 10.0 Å². The Morgan fingerprint density at radius 2 is 1.86 bits per heavy atom. The summed E-state index contributed by atoms with van der Waals surface area (Å²) in [5.74, 6) is -0.151. The van der Waals surface area contributed by atoms with E-state index in [-0.39, 0.29) is 5.91 Å². The van der Waals surface area contributed by atoms with E-state index in [1.54, 1.807) is 0 Å². The van der Waals surface area contributed by atoms with Crippen molar-refractivity contribution in [2.24, 2.45) is 0 Å². The van der Waals surface area contributed by atoms with Crippen LogP contribution in [0.4, 0.5) is 11.4 Å². The number of benzene rings is 2. The van der Waals surface area contributed by atoms with Gasteiger partial charge in [0.1, 0.15) is 0 Å². The van der Waals surface area contributed by atoms with Crippen molar-refractivity contribution in [3.05, 3.63) is 75.6 Å². The van der Waals surface area contributed by atoms with Gasteiger partial charge in [-0.05, 0) is 53.8 Å². The lowest BCUT2D eigenvalue weighted by molar-refractivity contribution is 0.103. The molecule has 1 aliphatic rings. The summed E-state index contributed by atoms with van der Waals surface area (Å²) in [5.41, 5.74) is 5.19. The van der Waals surface area contributed by atoms with E-state index in [0.29, 0.717) is 36.7 Å². The number of aromatic amines is 1. The van der Waals surface area contributed by atoms with Crippen LogP contribution in [0, 0.1) is 6.92 Å². The number of hydrogen-bond donors (Lipinski definition) is 2. The molecule has 36 heavy (non-hydrogen) atoms. The zero-order valence-electron chi connectivity index (χ0n) is 20.1. The maximum atomic E-state index is 13.1. The topological polar surface area (TPSA) is 98.4 Å². The minimum absolute atomic E-state index is 0.151. The highest BCUT2D eigenvalue weighted by Crippen LogP contribution is 2.29. The molecule has 2 aromatic heterocycles. The Kier molecular flexibility index (Phi) is 6.65. The van der Waals surface area contributed by atoms with Crippen LogP contribution in [0.25, 0.3) is 23.1 Å². The number of carbonyl (C=O) groups is 1. The number of carbonyl (C=O) groups excluding carboxylic acids is 1. The lowest BCUT2D eigenvalue weighted by atomic mass is 10.1. The highest BCUT2D eigenvalue weighted by atomic mass is 32.2. The molecule has 2 aromatic carbocycles. The first kappa shape index (κ1) is 24.2. The molecular formula is C26H27N5O3S2. The minimum Gasteiger partial charge on any atom is -0.369 e. The summed E-state index contributed by atoms with van der Waals surface area (Å²) < 4.78 is 25.3. The number of aromatic nitrogens is 2. The van der Waals surface area contributed by atoms with Gasteiger partial charge in [0, 0.05) is 37.3 Å². The standard InChI is InChI=1S/C26H27N5O3S2/c1-18-11-16-35-25(18)26(32)27-24-17-20(30-12-14-31(15-13-30)36(2,33)34)9-7-19(24)8-10-23-21-5-3-4-6-22(21)28-29-23/h3-11,16-17H,12-15H2,1-2H3,(H,27,32)(H,28,29). The van der Waals surface area contributed by atoms with Crippen molar-refractivity contribution in [3.8, 4) is 0 Å². The molecule has 4 aromatic rings. The molecule has 0 atom stereocenters. The predicted molar refractivity (Wildman–Crippen MR) is 147 cm³/mol. The second-order valence-corrected chi connectivity index (χ2v) is 11.7. The Morgan fingerprint density at radius 3 is 2.58 bits per heavy atom. The molecular weight excluding hydrogens is 494 g/mol. The largest absolute Gasteiger partial charge is 0.369 e. The molecule has 1 fully saturated rings. The minimum atomic E-state index is -3.20. The number of piperazine rings is 1. The molecule has 0 bridgehead atoms. The van der Waals surface area contributed by atoms with Crippen LogP contribution in [0.2, 0.25) is 0 Å². The van der Waals surface area contributed by atoms with Crippen LogP contribution in [0.3, 0.4) is 0 Å². The maximum absolute atomic E-state index is 13.1. The highest BCUT2D eigenvalue weighted by molar-refractivity contribution is 7.88. The van der Waals surface area contributed by atoms with Crippen LogP contribution in [-0.2, 0) is 10.0 Å². The zero-order valence-corrected chi connectivity index (χ0v) is 21.7. The number of anilines is 2. The highest BCUT2D eigenvalue weighted by Gasteiger charge is 2.24. The fraction of sp³-hybridized carbons (Fsp3) is 0.231. The van der Waals surface area contributed by atoms with E-state index < -0.39 is 10.0 Å². The van der Waals surface area contributed by atoms with E-state index in [4.69, 9.17) is 0 Å². The third kappa shape index (κ3) is 5.06. The molecule has 10 heteroatoms. The van der Waals surface area contributed by atoms with E-state index in [0.717, 1.165) is 33.4 Å². The summed E-state index contributed by atoms with van der Waals surface area (Å²) in [4.78, 5) is 15.9. The van der Waals surface area contributed by atoms with E-state index in [9.17, 15) is 13.2 Å². The van der Waals surface area contributed by atoms with Gasteiger partial charge in [-0.15, -0.1) is 11.3 Å². The number of aryl methyl sites for hydroxylation is 1. The van der Waals surface area contributed by atoms with Crippen LogP contribution in [0.15, 0.2) is 53.9 Å². The van der Waals surface area contributed by atoms with Crippen molar-refractivity contribution in [1.29, 1.82) is 0 Å². The number of sulfonamides is 1. The summed E-state index contributed by atoms with van der Waals surface area (Å²) in [6.07, 6.45) is 5.13.